The molecule has 9 rings (SSSR count). The Balaban J connectivity index is 1.08. The molecule has 0 spiro atoms. The van der Waals surface area contributed by atoms with Crippen molar-refractivity contribution >= 4 is 23.0 Å². The molecule has 0 saturated carbocycles. The van der Waals surface area contributed by atoms with Crippen LogP contribution >= 0.6 is 0 Å². The van der Waals surface area contributed by atoms with Crippen molar-refractivity contribution in [1.82, 2.24) is 0 Å². The number of aliphatic hydroxyl groups excluding tert-OH is 14. The highest BCUT2D eigenvalue weighted by Gasteiger charge is 2.56. The molecule has 5 aliphatic rings. The minimum absolute atomic E-state index is 0.00605. The quantitative estimate of drug-likeness (QED) is 0.0347. The van der Waals surface area contributed by atoms with Crippen molar-refractivity contribution in [2.45, 2.75) is 167 Å². The lowest BCUT2D eigenvalue weighted by Gasteiger charge is -2.49. The molecule has 1 aromatic heterocycles. The Kier molecular flexibility index (Phi) is 20.0. The van der Waals surface area contributed by atoms with Gasteiger partial charge in [-0.15, -0.1) is 0 Å². The third kappa shape index (κ3) is 13.4. The number of phenols is 3. The standard InChI is InChI=1S/C54H66O31/c1-18-32(61)37(66)41(70)50(75-18)77-24-13-25(59)31-26(14-24)78-45(21-6-10-23(58)11-7-21)48(36(31)65)84-54-49(85-52-43(72)39(68)35(64)28(16-56)80-52)47(33(62)19(2)76-54)83-53-44(73)40(69)46(82-51-42(71)38(67)34(63)27(15-55)79-51)29(81-53)17-74-30(60)12-5-20-3-8-22(57)9-4-20/h3-14,18-19,27-29,32-35,37-44,46-47,49-59,61-64,66-73H,15-17H2,1-2H3/b12-5+/t18-,19-,27+,28+,29+,32-,33-,34+,35+,37+,38-,39-,40+,41+,42+,43+,44+,46+,47+,49+,50-,51-,52-,53-,54-/m0/s1. The zero-order chi connectivity index (χ0) is 61.5. The number of aromatic hydroxyl groups is 3. The van der Waals surface area contributed by atoms with E-state index in [0.717, 1.165) is 18.2 Å². The van der Waals surface area contributed by atoms with Crippen molar-refractivity contribution in [3.05, 3.63) is 82.5 Å². The van der Waals surface area contributed by atoms with Crippen LogP contribution in [0.25, 0.3) is 28.4 Å². The molecule has 5 fully saturated rings. The number of benzene rings is 3. The van der Waals surface area contributed by atoms with E-state index in [0.29, 0.717) is 5.56 Å². The number of carbonyl (C=O) groups excluding carboxylic acids is 1. The molecule has 5 saturated heterocycles. The van der Waals surface area contributed by atoms with Crippen LogP contribution in [-0.2, 0) is 47.4 Å². The van der Waals surface area contributed by atoms with Crippen molar-refractivity contribution in [2.75, 3.05) is 19.8 Å². The Morgan fingerprint density at radius 2 is 1.01 bits per heavy atom. The minimum Gasteiger partial charge on any atom is -0.508 e. The van der Waals surface area contributed by atoms with Gasteiger partial charge in [-0.2, -0.15) is 0 Å². The summed E-state index contributed by atoms with van der Waals surface area (Å²) in [4.78, 5) is 28.1. The fourth-order valence-electron chi connectivity index (χ4n) is 10.1. The molecule has 5 aliphatic heterocycles. The van der Waals surface area contributed by atoms with E-state index in [4.69, 9.17) is 56.5 Å². The molecule has 0 bridgehead atoms. The van der Waals surface area contributed by atoms with Crippen LogP contribution in [0.2, 0.25) is 0 Å². The highest BCUT2D eigenvalue weighted by atomic mass is 16.8. The highest BCUT2D eigenvalue weighted by molar-refractivity contribution is 5.88. The Morgan fingerprint density at radius 3 is 1.60 bits per heavy atom. The molecular weight excluding hydrogens is 1140 g/mol. The van der Waals surface area contributed by atoms with Gasteiger partial charge in [-0.1, -0.05) is 12.1 Å². The summed E-state index contributed by atoms with van der Waals surface area (Å²) in [7, 11) is 0. The van der Waals surface area contributed by atoms with Crippen molar-refractivity contribution in [1.29, 1.82) is 0 Å². The maximum atomic E-state index is 14.9. The predicted molar refractivity (Wildman–Crippen MR) is 276 cm³/mol. The van der Waals surface area contributed by atoms with Gasteiger partial charge < -0.3 is 143 Å². The first-order valence-corrected chi connectivity index (χ1v) is 26.6. The molecule has 31 nitrogen and oxygen atoms in total. The molecule has 0 radical (unpaired) electrons. The summed E-state index contributed by atoms with van der Waals surface area (Å²) in [5.41, 5.74) is -1.15. The van der Waals surface area contributed by atoms with E-state index in [9.17, 15) is 96.4 Å². The number of phenolic OH excluding ortho intramolecular Hbond substituents is 3. The van der Waals surface area contributed by atoms with Gasteiger partial charge in [-0.05, 0) is 61.9 Å². The first-order chi connectivity index (χ1) is 40.4. The second-order valence-electron chi connectivity index (χ2n) is 20.8. The molecule has 17 N–H and O–H groups in total. The Morgan fingerprint density at radius 1 is 0.518 bits per heavy atom. The maximum Gasteiger partial charge on any atom is 0.330 e. The topological polar surface area (TPSA) is 493 Å². The second-order valence-corrected chi connectivity index (χ2v) is 20.8. The van der Waals surface area contributed by atoms with E-state index in [1.54, 1.807) is 0 Å². The molecule has 25 atom stereocenters. The summed E-state index contributed by atoms with van der Waals surface area (Å²) in [6.45, 7) is -0.119. The van der Waals surface area contributed by atoms with Crippen LogP contribution in [-0.4, -0.2) is 266 Å². The van der Waals surface area contributed by atoms with Crippen LogP contribution < -0.4 is 14.9 Å². The van der Waals surface area contributed by atoms with Gasteiger partial charge in [0.2, 0.25) is 23.8 Å². The summed E-state index contributed by atoms with van der Waals surface area (Å²) >= 11 is 0. The van der Waals surface area contributed by atoms with Crippen LogP contribution in [0, 0.1) is 0 Å². The average Bonchev–Trinajstić information content (AvgIpc) is 1.53. The summed E-state index contributed by atoms with van der Waals surface area (Å²) in [6, 6.07) is 12.6. The third-order valence-corrected chi connectivity index (χ3v) is 15.0. The molecule has 4 aromatic rings. The van der Waals surface area contributed by atoms with Gasteiger partial charge in [0.15, 0.2) is 30.7 Å². The van der Waals surface area contributed by atoms with E-state index in [2.05, 4.69) is 0 Å². The molecule has 0 aliphatic carbocycles. The first-order valence-electron chi connectivity index (χ1n) is 26.6. The molecule has 31 heteroatoms. The van der Waals surface area contributed by atoms with E-state index in [1.807, 2.05) is 0 Å². The number of fused-ring (bicyclic) bond motifs is 1. The van der Waals surface area contributed by atoms with Gasteiger partial charge in [-0.25, -0.2) is 4.79 Å². The first kappa shape index (κ1) is 63.7. The van der Waals surface area contributed by atoms with Crippen molar-refractivity contribution in [3.63, 3.8) is 0 Å². The largest absolute Gasteiger partial charge is 0.508 e. The summed E-state index contributed by atoms with van der Waals surface area (Å²) < 4.78 is 70.9. The SMILES string of the molecule is C[C@@H]1O[C@@H](Oc2cc(O)c3c(=O)c(O[C@@H]4O[C@@H](C)[C@H](O)[C@@H](O[C@@H]5O[C@H](COC(=O)/C=C/c6ccc(O)cc6)[C@@H](O[C@@H]6O[C@H](CO)[C@@H](O)[C@H](O)[C@H]6O)[C@H](O)[C@H]5O)[C@H]4O[C@@H]4O[C@H](CO)[C@@H](O)[C@H](O)[C@H]4O)c(-c4ccc(O)cc4)oc3c2)[C@H](O)[C@H](O)[C@H]1O. The average molecular weight is 1210 g/mol. The number of aliphatic hydroxyl groups is 14. The third-order valence-electron chi connectivity index (χ3n) is 15.0. The predicted octanol–water partition coefficient (Wildman–Crippen LogP) is -5.27. The molecule has 6 heterocycles. The van der Waals surface area contributed by atoms with Crippen LogP contribution in [0.3, 0.4) is 0 Å². The maximum absolute atomic E-state index is 14.9. The lowest BCUT2D eigenvalue weighted by molar-refractivity contribution is -0.391. The smallest absolute Gasteiger partial charge is 0.330 e. The van der Waals surface area contributed by atoms with Crippen molar-refractivity contribution in [3.8, 4) is 40.1 Å². The monoisotopic (exact) mass is 1210 g/mol. The summed E-state index contributed by atoms with van der Waals surface area (Å²) in [6.07, 6.45) is -45.2. The fourth-order valence-corrected chi connectivity index (χ4v) is 10.1. The fraction of sp³-hybridized carbons (Fsp3) is 0.556. The molecule has 0 amide bonds. The van der Waals surface area contributed by atoms with Gasteiger partial charge in [0, 0.05) is 23.8 Å². The molecule has 85 heavy (non-hydrogen) atoms. The van der Waals surface area contributed by atoms with E-state index in [1.165, 1.54) is 68.5 Å². The molecule has 0 unspecified atom stereocenters. The number of hydrogen-bond donors (Lipinski definition) is 17. The van der Waals surface area contributed by atoms with Crippen LogP contribution in [0.1, 0.15) is 19.4 Å². The molecule has 468 valence electrons. The van der Waals surface area contributed by atoms with E-state index in [-0.39, 0.29) is 22.8 Å². The van der Waals surface area contributed by atoms with E-state index >= 15 is 0 Å². The summed E-state index contributed by atoms with van der Waals surface area (Å²) in [5, 5.41) is 183. The second kappa shape index (κ2) is 26.7. The van der Waals surface area contributed by atoms with Crippen molar-refractivity contribution < 1.29 is 148 Å². The lowest BCUT2D eigenvalue weighted by atomic mass is 9.95. The zero-order valence-corrected chi connectivity index (χ0v) is 44.8. The number of hydrogen-bond acceptors (Lipinski definition) is 31. The number of rotatable bonds is 17. The Hall–Kier alpha value is -5.80. The highest BCUT2D eigenvalue weighted by Crippen LogP contribution is 2.41. The van der Waals surface area contributed by atoms with Gasteiger partial charge >= 0.3 is 5.97 Å². The van der Waals surface area contributed by atoms with E-state index < -0.39 is 213 Å². The van der Waals surface area contributed by atoms with Crippen LogP contribution in [0.5, 0.6) is 28.7 Å². The number of esters is 1. The molecular formula is C54H66O31. The van der Waals surface area contributed by atoms with Gasteiger partial charge in [-0.3, -0.25) is 4.79 Å². The lowest BCUT2D eigenvalue weighted by Crippen LogP contribution is -2.68. The van der Waals surface area contributed by atoms with Crippen LogP contribution in [0.15, 0.2) is 76.0 Å². The van der Waals surface area contributed by atoms with Gasteiger partial charge in [0.1, 0.15) is 144 Å². The van der Waals surface area contributed by atoms with Gasteiger partial charge in [0.05, 0.1) is 25.4 Å². The van der Waals surface area contributed by atoms with Gasteiger partial charge in [0.25, 0.3) is 0 Å². The minimum atomic E-state index is -2.31. The normalized spacial score (nSPS) is 38.9. The zero-order valence-electron chi connectivity index (χ0n) is 44.8. The molecule has 3 aromatic carbocycles. The Labute approximate surface area is 479 Å². The number of ether oxygens (including phenoxy) is 11. The summed E-state index contributed by atoms with van der Waals surface area (Å²) in [5.74, 6) is -3.78. The van der Waals surface area contributed by atoms with Crippen molar-refractivity contribution in [2.24, 2.45) is 0 Å². The van der Waals surface area contributed by atoms with Crippen LogP contribution in [0.4, 0.5) is 0 Å². The Bertz CT molecular complexity index is 2980. The number of carbonyl (C=O) groups is 1.